The van der Waals surface area contributed by atoms with Crippen molar-refractivity contribution < 1.29 is 9.15 Å². The van der Waals surface area contributed by atoms with E-state index in [1.807, 2.05) is 13.0 Å². The minimum atomic E-state index is -0.341. The van der Waals surface area contributed by atoms with E-state index in [4.69, 9.17) is 9.15 Å². The molecule has 1 aromatic carbocycles. The Bertz CT molecular complexity index is 667. The van der Waals surface area contributed by atoms with Crippen LogP contribution in [0.25, 0.3) is 11.0 Å². The molecule has 0 fully saturated rings. The van der Waals surface area contributed by atoms with E-state index < -0.39 is 0 Å². The van der Waals surface area contributed by atoms with Gasteiger partial charge in [-0.05, 0) is 30.2 Å². The van der Waals surface area contributed by atoms with Crippen LogP contribution in [0.4, 0.5) is 0 Å². The number of fused-ring (bicyclic) bond motifs is 2. The molecule has 0 radical (unpaired) electrons. The Hall–Kier alpha value is -2.03. The molecule has 3 heteroatoms. The molecule has 1 aliphatic rings. The Kier molecular flexibility index (Phi) is 2.08. The van der Waals surface area contributed by atoms with Crippen molar-refractivity contribution in [2.24, 2.45) is 0 Å². The van der Waals surface area contributed by atoms with Crippen LogP contribution in [0.15, 0.2) is 45.6 Å². The summed E-state index contributed by atoms with van der Waals surface area (Å²) in [6, 6.07) is 7.00. The van der Waals surface area contributed by atoms with Gasteiger partial charge in [0.15, 0.2) is 0 Å². The van der Waals surface area contributed by atoms with Crippen molar-refractivity contribution in [3.8, 4) is 5.75 Å². The summed E-state index contributed by atoms with van der Waals surface area (Å²) >= 11 is 0. The van der Waals surface area contributed by atoms with Crippen molar-refractivity contribution in [3.63, 3.8) is 0 Å². The molecule has 0 aliphatic carbocycles. The molecular formula is C14H12O3. The van der Waals surface area contributed by atoms with Gasteiger partial charge in [-0.1, -0.05) is 6.58 Å². The van der Waals surface area contributed by atoms with Gasteiger partial charge in [-0.2, -0.15) is 0 Å². The van der Waals surface area contributed by atoms with Crippen LogP contribution in [-0.4, -0.2) is 6.10 Å². The van der Waals surface area contributed by atoms with Crippen LogP contribution in [0.1, 0.15) is 12.5 Å². The second kappa shape index (κ2) is 3.48. The second-order valence-corrected chi connectivity index (χ2v) is 4.41. The predicted octanol–water partition coefficient (Wildman–Crippen LogP) is 2.67. The van der Waals surface area contributed by atoms with Gasteiger partial charge in [0.2, 0.25) is 0 Å². The van der Waals surface area contributed by atoms with E-state index in [2.05, 4.69) is 6.58 Å². The zero-order chi connectivity index (χ0) is 12.0. The summed E-state index contributed by atoms with van der Waals surface area (Å²) in [5.41, 5.74) is 2.37. The predicted molar refractivity (Wildman–Crippen MR) is 65.4 cm³/mol. The lowest BCUT2D eigenvalue weighted by atomic mass is 10.0. The standard InChI is InChI=1S/C14H12O3/c1-8(2)11-6-10-5-9-3-4-14(15)17-12(9)7-13(10)16-11/h3-5,7,11H,1,6H2,2H3/t11-/m0/s1. The van der Waals surface area contributed by atoms with Crippen molar-refractivity contribution in [2.45, 2.75) is 19.4 Å². The molecule has 2 heterocycles. The van der Waals surface area contributed by atoms with Gasteiger partial charge in [0.05, 0.1) is 0 Å². The van der Waals surface area contributed by atoms with E-state index in [0.717, 1.165) is 28.7 Å². The largest absolute Gasteiger partial charge is 0.485 e. The van der Waals surface area contributed by atoms with E-state index in [9.17, 15) is 4.79 Å². The normalized spacial score (nSPS) is 17.8. The van der Waals surface area contributed by atoms with Crippen LogP contribution >= 0.6 is 0 Å². The molecule has 2 aromatic rings. The molecule has 0 unspecified atom stereocenters. The van der Waals surface area contributed by atoms with Crippen LogP contribution < -0.4 is 10.4 Å². The molecule has 1 atom stereocenters. The average molecular weight is 228 g/mol. The van der Waals surface area contributed by atoms with Gasteiger partial charge in [-0.25, -0.2) is 4.79 Å². The molecule has 1 aromatic heterocycles. The summed E-state index contributed by atoms with van der Waals surface area (Å²) in [7, 11) is 0. The molecule has 1 aliphatic heterocycles. The third kappa shape index (κ3) is 1.64. The first kappa shape index (κ1) is 10.1. The summed E-state index contributed by atoms with van der Waals surface area (Å²) in [6.07, 6.45) is 0.869. The maximum Gasteiger partial charge on any atom is 0.336 e. The monoisotopic (exact) mass is 228 g/mol. The summed E-state index contributed by atoms with van der Waals surface area (Å²) in [6.45, 7) is 5.86. The molecule has 86 valence electrons. The Morgan fingerprint density at radius 3 is 3.00 bits per heavy atom. The minimum Gasteiger partial charge on any atom is -0.485 e. The summed E-state index contributed by atoms with van der Waals surface area (Å²) in [4.78, 5) is 11.1. The Morgan fingerprint density at radius 2 is 2.24 bits per heavy atom. The van der Waals surface area contributed by atoms with Crippen LogP contribution in [0.3, 0.4) is 0 Å². The molecule has 0 amide bonds. The van der Waals surface area contributed by atoms with E-state index in [-0.39, 0.29) is 11.7 Å². The van der Waals surface area contributed by atoms with E-state index >= 15 is 0 Å². The lowest BCUT2D eigenvalue weighted by Crippen LogP contribution is -2.13. The van der Waals surface area contributed by atoms with Gasteiger partial charge in [0, 0.05) is 23.9 Å². The van der Waals surface area contributed by atoms with Gasteiger partial charge in [-0.3, -0.25) is 0 Å². The van der Waals surface area contributed by atoms with Crippen LogP contribution in [-0.2, 0) is 6.42 Å². The first-order chi connectivity index (χ1) is 8.13. The highest BCUT2D eigenvalue weighted by molar-refractivity contribution is 5.79. The zero-order valence-electron chi connectivity index (χ0n) is 9.53. The van der Waals surface area contributed by atoms with E-state index in [1.165, 1.54) is 6.07 Å². The van der Waals surface area contributed by atoms with Gasteiger partial charge in [0.1, 0.15) is 17.4 Å². The van der Waals surface area contributed by atoms with Crippen LogP contribution in [0.2, 0.25) is 0 Å². The summed E-state index contributed by atoms with van der Waals surface area (Å²) in [5.74, 6) is 0.792. The lowest BCUT2D eigenvalue weighted by molar-refractivity contribution is 0.271. The van der Waals surface area contributed by atoms with E-state index in [0.29, 0.717) is 5.58 Å². The van der Waals surface area contributed by atoms with Crippen molar-refractivity contribution in [2.75, 3.05) is 0 Å². The SMILES string of the molecule is C=C(C)[C@@H]1Cc2cc3ccc(=O)oc3cc2O1. The molecular weight excluding hydrogens is 216 g/mol. The smallest absolute Gasteiger partial charge is 0.336 e. The Labute approximate surface area is 98.3 Å². The molecule has 17 heavy (non-hydrogen) atoms. The lowest BCUT2D eigenvalue weighted by Gasteiger charge is -2.08. The summed E-state index contributed by atoms with van der Waals surface area (Å²) < 4.78 is 10.9. The van der Waals surface area contributed by atoms with Gasteiger partial charge in [-0.15, -0.1) is 0 Å². The second-order valence-electron chi connectivity index (χ2n) is 4.41. The van der Waals surface area contributed by atoms with Crippen molar-refractivity contribution in [1.29, 1.82) is 0 Å². The first-order valence-corrected chi connectivity index (χ1v) is 5.52. The van der Waals surface area contributed by atoms with Gasteiger partial charge < -0.3 is 9.15 Å². The number of rotatable bonds is 1. The quantitative estimate of drug-likeness (QED) is 0.556. The number of hydrogen-bond acceptors (Lipinski definition) is 3. The molecule has 0 N–H and O–H groups in total. The summed E-state index contributed by atoms with van der Waals surface area (Å²) in [5, 5.41) is 0.925. The zero-order valence-corrected chi connectivity index (χ0v) is 9.53. The topological polar surface area (TPSA) is 39.4 Å². The van der Waals surface area contributed by atoms with Gasteiger partial charge >= 0.3 is 5.63 Å². The fraction of sp³-hybridized carbons (Fsp3) is 0.214. The Morgan fingerprint density at radius 1 is 1.41 bits per heavy atom. The Balaban J connectivity index is 2.15. The maximum atomic E-state index is 11.1. The van der Waals surface area contributed by atoms with E-state index in [1.54, 1.807) is 12.1 Å². The molecule has 0 saturated carbocycles. The molecule has 0 bridgehead atoms. The average Bonchev–Trinajstić information content (AvgIpc) is 2.68. The third-order valence-electron chi connectivity index (χ3n) is 3.03. The minimum absolute atomic E-state index is 0.0357. The van der Waals surface area contributed by atoms with Crippen LogP contribution in [0.5, 0.6) is 5.75 Å². The fourth-order valence-electron chi connectivity index (χ4n) is 2.08. The number of hydrogen-bond donors (Lipinski definition) is 0. The number of ether oxygens (including phenoxy) is 1. The first-order valence-electron chi connectivity index (χ1n) is 5.52. The molecule has 0 spiro atoms. The molecule has 0 saturated heterocycles. The maximum absolute atomic E-state index is 11.1. The molecule has 3 rings (SSSR count). The fourth-order valence-corrected chi connectivity index (χ4v) is 2.08. The third-order valence-corrected chi connectivity index (χ3v) is 3.03. The number of benzene rings is 1. The highest BCUT2D eigenvalue weighted by Gasteiger charge is 2.24. The molecule has 3 nitrogen and oxygen atoms in total. The van der Waals surface area contributed by atoms with Crippen LogP contribution in [0, 0.1) is 0 Å². The van der Waals surface area contributed by atoms with Crippen molar-refractivity contribution in [1.82, 2.24) is 0 Å². The van der Waals surface area contributed by atoms with Gasteiger partial charge in [0.25, 0.3) is 0 Å². The van der Waals surface area contributed by atoms with Crippen molar-refractivity contribution in [3.05, 3.63) is 52.4 Å². The van der Waals surface area contributed by atoms with Crippen molar-refractivity contribution >= 4 is 11.0 Å². The highest BCUT2D eigenvalue weighted by atomic mass is 16.5. The highest BCUT2D eigenvalue weighted by Crippen LogP contribution is 2.34.